The third-order valence-corrected chi connectivity index (χ3v) is 8.91. The van der Waals surface area contributed by atoms with Crippen molar-refractivity contribution in [2.75, 3.05) is 52.4 Å². The highest BCUT2D eigenvalue weighted by molar-refractivity contribution is 5.93. The number of hydrogen-bond acceptors (Lipinski definition) is 6. The molecule has 1 saturated heterocycles. The van der Waals surface area contributed by atoms with Gasteiger partial charge in [0.15, 0.2) is 6.29 Å². The number of para-hydroxylation sites is 1. The van der Waals surface area contributed by atoms with Crippen LogP contribution in [0.25, 0.3) is 11.1 Å². The zero-order chi connectivity index (χ0) is 31.1. The second-order valence-electron chi connectivity index (χ2n) is 11.8. The van der Waals surface area contributed by atoms with Gasteiger partial charge in [-0.15, -0.1) is 0 Å². The highest BCUT2D eigenvalue weighted by atomic mass is 16.7. The molecule has 234 valence electrons. The summed E-state index contributed by atoms with van der Waals surface area (Å²) in [7, 11) is 4.82. The highest BCUT2D eigenvalue weighted by Crippen LogP contribution is 2.43. The van der Waals surface area contributed by atoms with E-state index in [1.165, 1.54) is 5.56 Å². The van der Waals surface area contributed by atoms with E-state index in [1.807, 2.05) is 66.7 Å². The van der Waals surface area contributed by atoms with Gasteiger partial charge in [0.2, 0.25) is 5.91 Å². The Morgan fingerprint density at radius 3 is 2.18 bits per heavy atom. The summed E-state index contributed by atoms with van der Waals surface area (Å²) in [6.45, 7) is 3.44. The van der Waals surface area contributed by atoms with Crippen LogP contribution in [0, 0.1) is 11.8 Å². The van der Waals surface area contributed by atoms with Crippen LogP contribution >= 0.6 is 0 Å². The minimum atomic E-state index is -0.889. The van der Waals surface area contributed by atoms with Crippen molar-refractivity contribution in [3.63, 3.8) is 0 Å². The summed E-state index contributed by atoms with van der Waals surface area (Å²) in [4.78, 5) is 30.6. The van der Waals surface area contributed by atoms with Gasteiger partial charge < -0.3 is 24.2 Å². The first-order chi connectivity index (χ1) is 21.4. The van der Waals surface area contributed by atoms with Gasteiger partial charge in [0.25, 0.3) is 0 Å². The summed E-state index contributed by atoms with van der Waals surface area (Å²) in [5.41, 5.74) is 3.94. The molecule has 0 bridgehead atoms. The molecule has 0 spiro atoms. The normalized spacial score (nSPS) is 19.6. The monoisotopic (exact) mass is 601 g/mol. The van der Waals surface area contributed by atoms with Crippen LogP contribution in [0.4, 0.5) is 10.5 Å². The standard InChI is InChI=1S/C35H43N3O6/c1-36(24-34(42-2)43-3)33(39)17-18-44-30-15-13-25(14-16-30)21-37-22-27-19-29(20-28(27)23-37)38(35(40)41)32-12-8-7-11-31(32)26-9-5-4-6-10-26/h4-16,27-29,34H,17-24H2,1-3H3,(H,40,41)/t27-,28+,29?. The van der Waals surface area contributed by atoms with Gasteiger partial charge in [-0.3, -0.25) is 14.6 Å². The van der Waals surface area contributed by atoms with Crippen LogP contribution in [0.2, 0.25) is 0 Å². The van der Waals surface area contributed by atoms with E-state index in [2.05, 4.69) is 17.0 Å². The molecule has 1 unspecified atom stereocenters. The van der Waals surface area contributed by atoms with Crippen molar-refractivity contribution < 1.29 is 28.9 Å². The average molecular weight is 602 g/mol. The number of carbonyl (C=O) groups excluding carboxylic acids is 1. The number of anilines is 1. The third kappa shape index (κ3) is 7.59. The molecule has 1 aliphatic heterocycles. The van der Waals surface area contributed by atoms with E-state index >= 15 is 0 Å². The van der Waals surface area contributed by atoms with E-state index < -0.39 is 12.4 Å². The summed E-state index contributed by atoms with van der Waals surface area (Å²) < 4.78 is 16.1. The molecule has 1 aliphatic carbocycles. The number of nitrogens with zero attached hydrogens (tertiary/aromatic N) is 3. The lowest BCUT2D eigenvalue weighted by molar-refractivity contribution is -0.143. The summed E-state index contributed by atoms with van der Waals surface area (Å²) in [6.07, 6.45) is 0.673. The van der Waals surface area contributed by atoms with Crippen molar-refractivity contribution in [1.29, 1.82) is 0 Å². The number of methoxy groups -OCH3 is 2. The zero-order valence-electron chi connectivity index (χ0n) is 25.8. The van der Waals surface area contributed by atoms with E-state index in [0.717, 1.165) is 55.0 Å². The number of rotatable bonds is 13. The molecule has 0 aromatic heterocycles. The molecule has 3 atom stereocenters. The molecule has 9 nitrogen and oxygen atoms in total. The maximum Gasteiger partial charge on any atom is 0.412 e. The largest absolute Gasteiger partial charge is 0.493 e. The van der Waals surface area contributed by atoms with Gasteiger partial charge in [-0.2, -0.15) is 0 Å². The molecule has 5 rings (SSSR count). The molecule has 0 radical (unpaired) electrons. The van der Waals surface area contributed by atoms with Crippen LogP contribution in [-0.4, -0.2) is 86.7 Å². The number of amides is 2. The van der Waals surface area contributed by atoms with E-state index in [4.69, 9.17) is 14.2 Å². The van der Waals surface area contributed by atoms with Crippen LogP contribution in [0.1, 0.15) is 24.8 Å². The fourth-order valence-corrected chi connectivity index (χ4v) is 6.67. The Kier molecular flexibility index (Phi) is 10.5. The van der Waals surface area contributed by atoms with Crippen molar-refractivity contribution in [1.82, 2.24) is 9.80 Å². The van der Waals surface area contributed by atoms with Crippen molar-refractivity contribution >= 4 is 17.7 Å². The Morgan fingerprint density at radius 1 is 0.909 bits per heavy atom. The van der Waals surface area contributed by atoms with Crippen molar-refractivity contribution in [2.45, 2.75) is 38.1 Å². The van der Waals surface area contributed by atoms with E-state index in [9.17, 15) is 14.7 Å². The summed E-state index contributed by atoms with van der Waals surface area (Å²) in [5.74, 6) is 1.66. The molecule has 2 fully saturated rings. The highest BCUT2D eigenvalue weighted by Gasteiger charge is 2.44. The topological polar surface area (TPSA) is 91.8 Å². The Labute approximate surface area is 259 Å². The van der Waals surface area contributed by atoms with E-state index in [0.29, 0.717) is 25.0 Å². The Balaban J connectivity index is 1.11. The molecule has 1 N–H and O–H groups in total. The van der Waals surface area contributed by atoms with Crippen LogP contribution in [0.5, 0.6) is 5.75 Å². The van der Waals surface area contributed by atoms with Crippen molar-refractivity contribution in [2.24, 2.45) is 11.8 Å². The van der Waals surface area contributed by atoms with Crippen molar-refractivity contribution in [3.05, 3.63) is 84.4 Å². The molecule has 3 aromatic carbocycles. The minimum Gasteiger partial charge on any atom is -0.493 e. The molecule has 3 aromatic rings. The summed E-state index contributed by atoms with van der Waals surface area (Å²) in [6, 6.07) is 25.9. The SMILES string of the molecule is COC(CN(C)C(=O)CCOc1ccc(CN2C[C@H]3CC(N(C(=O)O)c4ccccc4-c4ccccc4)C[C@H]3C2)cc1)OC. The van der Waals surface area contributed by atoms with Gasteiger partial charge in [-0.25, -0.2) is 4.79 Å². The number of ether oxygens (including phenoxy) is 3. The quantitative estimate of drug-likeness (QED) is 0.255. The van der Waals surface area contributed by atoms with Gasteiger partial charge >= 0.3 is 6.09 Å². The minimum absolute atomic E-state index is 0.0287. The Bertz CT molecular complexity index is 1370. The van der Waals surface area contributed by atoms with Gasteiger partial charge in [0, 0.05) is 52.5 Å². The second kappa shape index (κ2) is 14.7. The molecular weight excluding hydrogens is 558 g/mol. The van der Waals surface area contributed by atoms with Crippen LogP contribution in [0.3, 0.4) is 0 Å². The maximum absolute atomic E-state index is 12.6. The first-order valence-electron chi connectivity index (χ1n) is 15.3. The lowest BCUT2D eigenvalue weighted by atomic mass is 10.0. The van der Waals surface area contributed by atoms with Crippen LogP contribution in [-0.2, 0) is 20.8 Å². The number of benzene rings is 3. The molecular formula is C35H43N3O6. The maximum atomic E-state index is 12.6. The first kappa shape index (κ1) is 31.5. The van der Waals surface area contributed by atoms with Crippen LogP contribution < -0.4 is 9.64 Å². The molecule has 2 aliphatic rings. The number of likely N-dealkylation sites (N-methyl/N-ethyl adjacent to an activating group) is 1. The zero-order valence-corrected chi connectivity index (χ0v) is 25.8. The third-order valence-electron chi connectivity index (χ3n) is 8.91. The van der Waals surface area contributed by atoms with Crippen molar-refractivity contribution in [3.8, 4) is 16.9 Å². The second-order valence-corrected chi connectivity index (χ2v) is 11.8. The molecule has 1 saturated carbocycles. The van der Waals surface area contributed by atoms with Gasteiger partial charge in [0.1, 0.15) is 5.75 Å². The number of likely N-dealkylation sites (tertiary alicyclic amines) is 1. The molecule has 2 amide bonds. The van der Waals surface area contributed by atoms with E-state index in [1.54, 1.807) is 31.1 Å². The lowest BCUT2D eigenvalue weighted by Crippen LogP contribution is -2.39. The fraction of sp³-hybridized carbons (Fsp3) is 0.429. The van der Waals surface area contributed by atoms with E-state index in [-0.39, 0.29) is 18.4 Å². The molecule has 1 heterocycles. The molecule has 9 heteroatoms. The number of fused-ring (bicyclic) bond motifs is 1. The number of hydrogen-bond donors (Lipinski definition) is 1. The Morgan fingerprint density at radius 2 is 1.55 bits per heavy atom. The van der Waals surface area contributed by atoms with Gasteiger partial charge in [-0.1, -0.05) is 60.7 Å². The number of carboxylic acid groups (broad SMARTS) is 1. The predicted octanol–water partition coefficient (Wildman–Crippen LogP) is 5.59. The summed E-state index contributed by atoms with van der Waals surface area (Å²) in [5, 5.41) is 10.3. The smallest absolute Gasteiger partial charge is 0.412 e. The van der Waals surface area contributed by atoms with Gasteiger partial charge in [-0.05, 0) is 54.0 Å². The fourth-order valence-electron chi connectivity index (χ4n) is 6.67. The first-order valence-corrected chi connectivity index (χ1v) is 15.3. The number of carbonyl (C=O) groups is 2. The lowest BCUT2D eigenvalue weighted by Gasteiger charge is -2.29. The average Bonchev–Trinajstić information content (AvgIpc) is 3.59. The van der Waals surface area contributed by atoms with Gasteiger partial charge in [0.05, 0.1) is 25.3 Å². The predicted molar refractivity (Wildman–Crippen MR) is 170 cm³/mol. The Hall–Kier alpha value is -3.92. The molecule has 44 heavy (non-hydrogen) atoms. The van der Waals surface area contributed by atoms with Crippen LogP contribution in [0.15, 0.2) is 78.9 Å². The summed E-state index contributed by atoms with van der Waals surface area (Å²) >= 11 is 0.